The van der Waals surface area contributed by atoms with Gasteiger partial charge in [-0.25, -0.2) is 4.98 Å². The van der Waals surface area contributed by atoms with E-state index in [0.29, 0.717) is 16.7 Å². The number of aromatic nitrogens is 1. The average Bonchev–Trinajstić information content (AvgIpc) is 2.82. The molecule has 0 N–H and O–H groups in total. The van der Waals surface area contributed by atoms with Gasteiger partial charge in [0, 0.05) is 31.2 Å². The van der Waals surface area contributed by atoms with Crippen LogP contribution in [0.2, 0.25) is 0 Å². The summed E-state index contributed by atoms with van der Waals surface area (Å²) < 4.78 is 5.08. The highest BCUT2D eigenvalue weighted by molar-refractivity contribution is 8.00. The van der Waals surface area contributed by atoms with Crippen molar-refractivity contribution >= 4 is 34.5 Å². The molecule has 1 atom stereocenters. The van der Waals surface area contributed by atoms with Gasteiger partial charge in [-0.2, -0.15) is 11.8 Å². The van der Waals surface area contributed by atoms with Gasteiger partial charge in [0.1, 0.15) is 0 Å². The number of hydrogen-bond acceptors (Lipinski definition) is 6. The van der Waals surface area contributed by atoms with Crippen LogP contribution < -0.4 is 4.90 Å². The number of hydrogen-bond donors (Lipinski definition) is 0. The van der Waals surface area contributed by atoms with Crippen molar-refractivity contribution in [1.29, 1.82) is 0 Å². The van der Waals surface area contributed by atoms with Crippen molar-refractivity contribution in [3.63, 3.8) is 0 Å². The van der Waals surface area contributed by atoms with Crippen LogP contribution in [-0.2, 0) is 11.3 Å². The number of carbonyl (C=O) groups is 1. The van der Waals surface area contributed by atoms with Crippen molar-refractivity contribution in [2.75, 3.05) is 30.9 Å². The summed E-state index contributed by atoms with van der Waals surface area (Å²) in [4.78, 5) is 18.5. The molecule has 1 aromatic rings. The molecule has 1 fully saturated rings. The van der Waals surface area contributed by atoms with Gasteiger partial charge in [-0.15, -0.1) is 0 Å². The molecule has 0 amide bonds. The highest BCUT2D eigenvalue weighted by atomic mass is 32.2. The van der Waals surface area contributed by atoms with Crippen LogP contribution in [0.3, 0.4) is 0 Å². The zero-order valence-electron chi connectivity index (χ0n) is 10.7. The number of rotatable bonds is 5. The van der Waals surface area contributed by atoms with Gasteiger partial charge < -0.3 is 9.64 Å². The summed E-state index contributed by atoms with van der Waals surface area (Å²) in [5, 5.41) is 1.64. The Bertz CT molecular complexity index is 409. The number of thiazole rings is 1. The first-order chi connectivity index (χ1) is 8.78. The molecule has 100 valence electrons. The van der Waals surface area contributed by atoms with Crippen LogP contribution in [-0.4, -0.2) is 42.5 Å². The van der Waals surface area contributed by atoms with Crippen molar-refractivity contribution in [2.24, 2.45) is 0 Å². The Hall–Kier alpha value is -0.590. The van der Waals surface area contributed by atoms with Crippen molar-refractivity contribution in [2.45, 2.75) is 25.2 Å². The van der Waals surface area contributed by atoms with E-state index in [-0.39, 0.29) is 0 Å². The Kier molecular flexibility index (Phi) is 5.03. The quantitative estimate of drug-likeness (QED) is 0.778. The number of nitrogens with zero attached hydrogens (tertiary/aromatic N) is 2. The Morgan fingerprint density at radius 3 is 3.11 bits per heavy atom. The smallest absolute Gasteiger partial charge is 0.186 e. The fourth-order valence-electron chi connectivity index (χ4n) is 1.96. The molecule has 1 unspecified atom stereocenters. The first-order valence-electron chi connectivity index (χ1n) is 6.08. The van der Waals surface area contributed by atoms with Crippen LogP contribution in [0.15, 0.2) is 0 Å². The topological polar surface area (TPSA) is 42.4 Å². The number of carbonyl (C=O) groups excluding carboxylic acids is 1. The molecule has 1 aromatic heterocycles. The van der Waals surface area contributed by atoms with E-state index in [1.54, 1.807) is 7.11 Å². The molecule has 0 aromatic carbocycles. The molecule has 18 heavy (non-hydrogen) atoms. The van der Waals surface area contributed by atoms with Crippen LogP contribution in [0.25, 0.3) is 0 Å². The predicted molar refractivity (Wildman–Crippen MR) is 77.0 cm³/mol. The van der Waals surface area contributed by atoms with Crippen molar-refractivity contribution in [3.05, 3.63) is 10.6 Å². The Morgan fingerprint density at radius 1 is 1.61 bits per heavy atom. The van der Waals surface area contributed by atoms with E-state index in [1.807, 2.05) is 11.8 Å². The highest BCUT2D eigenvalue weighted by Crippen LogP contribution is 2.30. The lowest BCUT2D eigenvalue weighted by Crippen LogP contribution is -2.37. The second-order valence-corrected chi connectivity index (χ2v) is 6.62. The fourth-order valence-corrected chi connectivity index (χ4v) is 4.06. The van der Waals surface area contributed by atoms with Crippen LogP contribution in [0, 0.1) is 0 Å². The molecule has 6 heteroatoms. The van der Waals surface area contributed by atoms with Crippen molar-refractivity contribution in [1.82, 2.24) is 4.98 Å². The Labute approximate surface area is 116 Å². The van der Waals surface area contributed by atoms with E-state index in [1.165, 1.54) is 17.8 Å². The minimum Gasteiger partial charge on any atom is -0.378 e. The van der Waals surface area contributed by atoms with Gasteiger partial charge in [0.2, 0.25) is 0 Å². The summed E-state index contributed by atoms with van der Waals surface area (Å²) in [5.74, 6) is 1.13. The van der Waals surface area contributed by atoms with Crippen LogP contribution >= 0.6 is 23.1 Å². The molecular formula is C12H18N2O2S2. The number of ether oxygens (including phenoxy) is 1. The van der Waals surface area contributed by atoms with E-state index in [4.69, 9.17) is 4.74 Å². The summed E-state index contributed by atoms with van der Waals surface area (Å²) in [6.07, 6.45) is 2.06. The van der Waals surface area contributed by atoms with E-state index in [2.05, 4.69) is 16.8 Å². The van der Waals surface area contributed by atoms with Crippen LogP contribution in [0.1, 0.15) is 28.7 Å². The summed E-state index contributed by atoms with van der Waals surface area (Å²) in [5.41, 5.74) is 0.763. The number of methoxy groups -OCH3 is 1. The third-order valence-corrected chi connectivity index (χ3v) is 5.42. The lowest BCUT2D eigenvalue weighted by Gasteiger charge is -2.31. The predicted octanol–water partition coefficient (Wildman–Crippen LogP) is 2.43. The van der Waals surface area contributed by atoms with Crippen LogP contribution in [0.5, 0.6) is 0 Å². The first kappa shape index (κ1) is 13.8. The molecular weight excluding hydrogens is 268 g/mol. The van der Waals surface area contributed by atoms with Gasteiger partial charge in [-0.3, -0.25) is 4.79 Å². The minimum absolute atomic E-state index is 0.407. The van der Waals surface area contributed by atoms with E-state index >= 15 is 0 Å². The number of thioether (sulfide) groups is 1. The van der Waals surface area contributed by atoms with Gasteiger partial charge >= 0.3 is 0 Å². The zero-order valence-corrected chi connectivity index (χ0v) is 12.4. The van der Waals surface area contributed by atoms with Gasteiger partial charge in [0.15, 0.2) is 11.4 Å². The molecule has 0 bridgehead atoms. The van der Waals surface area contributed by atoms with E-state index in [9.17, 15) is 4.79 Å². The fraction of sp³-hybridized carbons (Fsp3) is 0.667. The molecule has 0 radical (unpaired) electrons. The molecule has 0 saturated carbocycles. The summed E-state index contributed by atoms with van der Waals surface area (Å²) in [6.45, 7) is 4.67. The standard InChI is InChI=1S/C12H18N2O2S2/c1-3-9-6-14(4-5-17-9)12-13-10(8-16-2)11(7-15)18-12/h7,9H,3-6,8H2,1-2H3. The van der Waals surface area contributed by atoms with Crippen molar-refractivity contribution in [3.8, 4) is 0 Å². The second kappa shape index (κ2) is 6.54. The van der Waals surface area contributed by atoms with E-state index in [0.717, 1.165) is 36.0 Å². The molecule has 2 rings (SSSR count). The maximum atomic E-state index is 11.0. The highest BCUT2D eigenvalue weighted by Gasteiger charge is 2.22. The van der Waals surface area contributed by atoms with Gasteiger partial charge in [0.25, 0.3) is 0 Å². The molecule has 0 spiro atoms. The summed E-state index contributed by atoms with van der Waals surface area (Å²) in [6, 6.07) is 0. The molecule has 1 aliphatic heterocycles. The largest absolute Gasteiger partial charge is 0.378 e. The van der Waals surface area contributed by atoms with Crippen molar-refractivity contribution < 1.29 is 9.53 Å². The normalized spacial score (nSPS) is 20.1. The second-order valence-electron chi connectivity index (χ2n) is 4.21. The lowest BCUT2D eigenvalue weighted by molar-refractivity contribution is 0.112. The SMILES string of the molecule is CCC1CN(c2nc(COC)c(C=O)s2)CCS1. The maximum absolute atomic E-state index is 11.0. The third-order valence-electron chi connectivity index (χ3n) is 2.97. The van der Waals surface area contributed by atoms with Gasteiger partial charge in [0.05, 0.1) is 17.2 Å². The molecule has 2 heterocycles. The van der Waals surface area contributed by atoms with Gasteiger partial charge in [-0.1, -0.05) is 18.3 Å². The molecule has 1 aliphatic rings. The maximum Gasteiger partial charge on any atom is 0.186 e. The molecule has 1 saturated heterocycles. The third kappa shape index (κ3) is 3.05. The zero-order chi connectivity index (χ0) is 13.0. The Morgan fingerprint density at radius 2 is 2.44 bits per heavy atom. The average molecular weight is 286 g/mol. The summed E-state index contributed by atoms with van der Waals surface area (Å²) >= 11 is 3.51. The molecule has 0 aliphatic carbocycles. The van der Waals surface area contributed by atoms with Crippen LogP contribution in [0.4, 0.5) is 5.13 Å². The number of aldehydes is 1. The summed E-state index contributed by atoms with van der Waals surface area (Å²) in [7, 11) is 1.62. The Balaban J connectivity index is 2.14. The van der Waals surface area contributed by atoms with E-state index < -0.39 is 0 Å². The first-order valence-corrected chi connectivity index (χ1v) is 7.95. The molecule has 4 nitrogen and oxygen atoms in total. The number of anilines is 1. The monoisotopic (exact) mass is 286 g/mol. The van der Waals surface area contributed by atoms with Gasteiger partial charge in [-0.05, 0) is 6.42 Å². The minimum atomic E-state index is 0.407. The lowest BCUT2D eigenvalue weighted by atomic mass is 10.3.